The first-order valence-corrected chi connectivity index (χ1v) is 7.29. The number of benzene rings is 2. The predicted octanol–water partition coefficient (Wildman–Crippen LogP) is 4.57. The molecule has 0 unspecified atom stereocenters. The molecule has 0 aliphatic carbocycles. The third-order valence-corrected chi connectivity index (χ3v) is 4.17. The lowest BCUT2D eigenvalue weighted by atomic mass is 10.2. The number of rotatable bonds is 3. The van der Waals surface area contributed by atoms with Gasteiger partial charge in [-0.25, -0.2) is 4.39 Å². The molecule has 18 heavy (non-hydrogen) atoms. The molecule has 0 amide bonds. The maximum Gasteiger partial charge on any atom is 0.124 e. The summed E-state index contributed by atoms with van der Waals surface area (Å²) in [5, 5.41) is 9.21. The predicted molar refractivity (Wildman–Crippen MR) is 73.5 cm³/mol. The standard InChI is InChI=1S/C14H10FNS2/c1-17-13-6-3-7-14(12(13)9-16)18-11-5-2-4-10(15)8-11/h2-8H,1H3. The van der Waals surface area contributed by atoms with Gasteiger partial charge in [0.15, 0.2) is 0 Å². The molecule has 2 rings (SSSR count). The summed E-state index contributed by atoms with van der Waals surface area (Å²) < 4.78 is 13.1. The van der Waals surface area contributed by atoms with Gasteiger partial charge in [0.25, 0.3) is 0 Å². The largest absolute Gasteiger partial charge is 0.207 e. The molecule has 0 heterocycles. The van der Waals surface area contributed by atoms with Crippen LogP contribution in [-0.2, 0) is 0 Å². The third kappa shape index (κ3) is 2.87. The molecule has 0 aromatic heterocycles. The number of hydrogen-bond acceptors (Lipinski definition) is 3. The molecule has 0 aliphatic heterocycles. The molecule has 0 atom stereocenters. The lowest BCUT2D eigenvalue weighted by Crippen LogP contribution is -1.85. The van der Waals surface area contributed by atoms with E-state index in [1.54, 1.807) is 6.07 Å². The maximum absolute atomic E-state index is 13.1. The zero-order valence-electron chi connectivity index (χ0n) is 9.68. The molecule has 4 heteroatoms. The number of halogens is 1. The van der Waals surface area contributed by atoms with Crippen LogP contribution in [0.4, 0.5) is 4.39 Å². The average Bonchev–Trinajstić information content (AvgIpc) is 2.38. The first-order chi connectivity index (χ1) is 8.74. The molecule has 0 N–H and O–H groups in total. The zero-order chi connectivity index (χ0) is 13.0. The Bertz CT molecular complexity index is 605. The van der Waals surface area contributed by atoms with Gasteiger partial charge < -0.3 is 0 Å². The Balaban J connectivity index is 2.38. The van der Waals surface area contributed by atoms with Crippen molar-refractivity contribution in [1.82, 2.24) is 0 Å². The van der Waals surface area contributed by atoms with Crippen LogP contribution in [0, 0.1) is 17.1 Å². The zero-order valence-corrected chi connectivity index (χ0v) is 11.3. The Morgan fingerprint density at radius 2 is 1.83 bits per heavy atom. The van der Waals surface area contributed by atoms with Gasteiger partial charge in [-0.2, -0.15) is 5.26 Å². The van der Waals surface area contributed by atoms with Crippen molar-refractivity contribution < 1.29 is 4.39 Å². The second kappa shape index (κ2) is 5.94. The van der Waals surface area contributed by atoms with E-state index in [4.69, 9.17) is 0 Å². The van der Waals surface area contributed by atoms with E-state index in [0.29, 0.717) is 5.56 Å². The molecule has 1 nitrogen and oxygen atoms in total. The molecule has 2 aromatic carbocycles. The molecule has 2 aromatic rings. The first kappa shape index (κ1) is 13.0. The topological polar surface area (TPSA) is 23.8 Å². The minimum atomic E-state index is -0.264. The van der Waals surface area contributed by atoms with Gasteiger partial charge in [-0.1, -0.05) is 23.9 Å². The van der Waals surface area contributed by atoms with Crippen molar-refractivity contribution in [2.75, 3.05) is 6.26 Å². The molecule has 0 saturated heterocycles. The fourth-order valence-corrected chi connectivity index (χ4v) is 3.15. The minimum Gasteiger partial charge on any atom is -0.207 e. The van der Waals surface area contributed by atoms with Crippen LogP contribution >= 0.6 is 23.5 Å². The summed E-state index contributed by atoms with van der Waals surface area (Å²) in [6.07, 6.45) is 1.94. The van der Waals surface area contributed by atoms with E-state index in [0.717, 1.165) is 14.7 Å². The van der Waals surface area contributed by atoms with Crippen LogP contribution in [0.3, 0.4) is 0 Å². The summed E-state index contributed by atoms with van der Waals surface area (Å²) in [4.78, 5) is 2.60. The Hall–Kier alpha value is -1.44. The van der Waals surface area contributed by atoms with Gasteiger partial charge in [-0.3, -0.25) is 0 Å². The number of hydrogen-bond donors (Lipinski definition) is 0. The molecule has 0 aliphatic rings. The molecule has 90 valence electrons. The Kier molecular flexibility index (Phi) is 4.29. The summed E-state index contributed by atoms with van der Waals surface area (Å²) in [6, 6.07) is 14.3. The van der Waals surface area contributed by atoms with Crippen molar-refractivity contribution in [3.63, 3.8) is 0 Å². The van der Waals surface area contributed by atoms with E-state index in [9.17, 15) is 9.65 Å². The average molecular weight is 275 g/mol. The van der Waals surface area contributed by atoms with Gasteiger partial charge in [-0.05, 0) is 36.6 Å². The van der Waals surface area contributed by atoms with Gasteiger partial charge in [0.1, 0.15) is 11.9 Å². The molecule has 0 spiro atoms. The van der Waals surface area contributed by atoms with E-state index in [1.807, 2.05) is 30.5 Å². The fraction of sp³-hybridized carbons (Fsp3) is 0.0714. The summed E-state index contributed by atoms with van der Waals surface area (Å²) in [7, 11) is 0. The van der Waals surface area contributed by atoms with Crippen LogP contribution < -0.4 is 0 Å². The highest BCUT2D eigenvalue weighted by atomic mass is 32.2. The second-order valence-electron chi connectivity index (χ2n) is 3.50. The van der Waals surface area contributed by atoms with Crippen molar-refractivity contribution in [3.05, 3.63) is 53.8 Å². The highest BCUT2D eigenvalue weighted by Gasteiger charge is 2.08. The van der Waals surface area contributed by atoms with Crippen molar-refractivity contribution in [3.8, 4) is 6.07 Å². The second-order valence-corrected chi connectivity index (χ2v) is 5.47. The van der Waals surface area contributed by atoms with Crippen LogP contribution in [0.5, 0.6) is 0 Å². The van der Waals surface area contributed by atoms with Gasteiger partial charge >= 0.3 is 0 Å². The molecule has 0 saturated carbocycles. The SMILES string of the molecule is CSc1cccc(Sc2cccc(F)c2)c1C#N. The smallest absolute Gasteiger partial charge is 0.124 e. The van der Waals surface area contributed by atoms with Crippen LogP contribution in [0.25, 0.3) is 0 Å². The van der Waals surface area contributed by atoms with Crippen LogP contribution in [0.1, 0.15) is 5.56 Å². The van der Waals surface area contributed by atoms with Gasteiger partial charge in [0.05, 0.1) is 5.56 Å². The summed E-state index contributed by atoms with van der Waals surface area (Å²) in [5.41, 5.74) is 0.652. The molecular weight excluding hydrogens is 265 g/mol. The molecule has 0 fully saturated rings. The highest BCUT2D eigenvalue weighted by Crippen LogP contribution is 2.34. The normalized spacial score (nSPS) is 10.1. The van der Waals surface area contributed by atoms with Crippen molar-refractivity contribution >= 4 is 23.5 Å². The summed E-state index contributed by atoms with van der Waals surface area (Å²) in [5.74, 6) is -0.264. The minimum absolute atomic E-state index is 0.264. The van der Waals surface area contributed by atoms with E-state index < -0.39 is 0 Å². The van der Waals surface area contributed by atoms with Gasteiger partial charge in [-0.15, -0.1) is 11.8 Å². The Labute approximate surface area is 114 Å². The molecule has 0 radical (unpaired) electrons. The molecule has 0 bridgehead atoms. The number of nitrogens with zero attached hydrogens (tertiary/aromatic N) is 1. The lowest BCUT2D eigenvalue weighted by Gasteiger charge is -2.07. The number of nitriles is 1. The van der Waals surface area contributed by atoms with Crippen molar-refractivity contribution in [1.29, 1.82) is 5.26 Å². The van der Waals surface area contributed by atoms with E-state index in [2.05, 4.69) is 6.07 Å². The number of thioether (sulfide) groups is 1. The highest BCUT2D eigenvalue weighted by molar-refractivity contribution is 8.00. The van der Waals surface area contributed by atoms with E-state index in [1.165, 1.54) is 35.7 Å². The van der Waals surface area contributed by atoms with Gasteiger partial charge in [0, 0.05) is 14.7 Å². The summed E-state index contributed by atoms with van der Waals surface area (Å²) >= 11 is 2.94. The third-order valence-electron chi connectivity index (χ3n) is 2.34. The summed E-state index contributed by atoms with van der Waals surface area (Å²) in [6.45, 7) is 0. The van der Waals surface area contributed by atoms with Crippen LogP contribution in [-0.4, -0.2) is 6.26 Å². The molecular formula is C14H10FNS2. The monoisotopic (exact) mass is 275 g/mol. The lowest BCUT2D eigenvalue weighted by molar-refractivity contribution is 0.624. The van der Waals surface area contributed by atoms with Crippen LogP contribution in [0.15, 0.2) is 57.2 Å². The van der Waals surface area contributed by atoms with Crippen molar-refractivity contribution in [2.45, 2.75) is 14.7 Å². The van der Waals surface area contributed by atoms with E-state index >= 15 is 0 Å². The quantitative estimate of drug-likeness (QED) is 0.767. The fourth-order valence-electron chi connectivity index (χ4n) is 1.53. The maximum atomic E-state index is 13.1. The van der Waals surface area contributed by atoms with Gasteiger partial charge in [0.2, 0.25) is 0 Å². The Morgan fingerprint density at radius 1 is 1.11 bits per heavy atom. The van der Waals surface area contributed by atoms with Crippen molar-refractivity contribution in [2.24, 2.45) is 0 Å². The Morgan fingerprint density at radius 3 is 2.50 bits per heavy atom. The first-order valence-electron chi connectivity index (χ1n) is 5.25. The van der Waals surface area contributed by atoms with E-state index in [-0.39, 0.29) is 5.82 Å². The van der Waals surface area contributed by atoms with Crippen LogP contribution in [0.2, 0.25) is 0 Å².